The smallest absolute Gasteiger partial charge is 0.410 e. The zero-order chi connectivity index (χ0) is 31.4. The first-order valence-corrected chi connectivity index (χ1v) is 14.0. The van der Waals surface area contributed by atoms with E-state index in [1.165, 1.54) is 11.1 Å². The number of hydrogen-bond acceptors (Lipinski definition) is 4. The Morgan fingerprint density at radius 1 is 0.500 bits per heavy atom. The Morgan fingerprint density at radius 2 is 0.700 bits per heavy atom. The molecule has 2 N–H and O–H groups in total. The van der Waals surface area contributed by atoms with Crippen molar-refractivity contribution in [3.8, 4) is 11.5 Å². The van der Waals surface area contributed by atoms with Gasteiger partial charge in [0, 0.05) is 36.3 Å². The highest BCUT2D eigenvalue weighted by atomic mass is 16.6. The van der Waals surface area contributed by atoms with Crippen LogP contribution in [0.15, 0.2) is 24.3 Å². The number of nitrogens with one attached hydrogen (secondary N) is 2. The first-order valence-electron chi connectivity index (χ1n) is 14.0. The van der Waals surface area contributed by atoms with E-state index in [4.69, 9.17) is 9.47 Å². The monoisotopic (exact) mass is 554 g/mol. The third-order valence-electron chi connectivity index (χ3n) is 6.50. The lowest BCUT2D eigenvalue weighted by Gasteiger charge is -2.29. The van der Waals surface area contributed by atoms with Crippen LogP contribution < -0.4 is 20.1 Å². The average molecular weight is 555 g/mol. The van der Waals surface area contributed by atoms with Gasteiger partial charge >= 0.3 is 12.2 Å². The quantitative estimate of drug-likeness (QED) is 0.390. The van der Waals surface area contributed by atoms with Gasteiger partial charge in [0.05, 0.1) is 0 Å². The number of carbonyl (C=O) groups is 2. The molecule has 0 heterocycles. The van der Waals surface area contributed by atoms with Gasteiger partial charge in [-0.15, -0.1) is 0 Å². The van der Waals surface area contributed by atoms with E-state index in [0.717, 1.165) is 22.3 Å². The van der Waals surface area contributed by atoms with Crippen LogP contribution in [-0.4, -0.2) is 26.3 Å². The van der Waals surface area contributed by atoms with Crippen molar-refractivity contribution in [2.75, 3.05) is 14.1 Å². The second-order valence-corrected chi connectivity index (χ2v) is 14.7. The van der Waals surface area contributed by atoms with Gasteiger partial charge in [-0.25, -0.2) is 9.59 Å². The molecule has 0 unspecified atom stereocenters. The number of benzene rings is 2. The minimum atomic E-state index is -0.426. The Hall–Kier alpha value is -3.02. The van der Waals surface area contributed by atoms with E-state index in [2.05, 4.69) is 132 Å². The molecule has 0 radical (unpaired) electrons. The molecule has 6 heteroatoms. The van der Waals surface area contributed by atoms with E-state index >= 15 is 0 Å². The van der Waals surface area contributed by atoms with Crippen LogP contribution in [0.25, 0.3) is 0 Å². The lowest BCUT2D eigenvalue weighted by Crippen LogP contribution is -2.27. The van der Waals surface area contributed by atoms with Crippen molar-refractivity contribution < 1.29 is 19.1 Å². The molecule has 0 saturated heterocycles. The molecule has 2 aromatic rings. The van der Waals surface area contributed by atoms with Crippen LogP contribution in [-0.2, 0) is 21.7 Å². The van der Waals surface area contributed by atoms with Gasteiger partial charge in [0.1, 0.15) is 11.5 Å². The summed E-state index contributed by atoms with van der Waals surface area (Å²) in [5.41, 5.74) is 6.26. The lowest BCUT2D eigenvalue weighted by molar-refractivity contribution is 0.199. The van der Waals surface area contributed by atoms with Gasteiger partial charge in [-0.1, -0.05) is 118 Å². The summed E-state index contributed by atoms with van der Waals surface area (Å²) in [4.78, 5) is 23.4. The number of hydrogen-bond donors (Lipinski definition) is 2. The Morgan fingerprint density at radius 3 is 0.850 bits per heavy atom. The molecule has 0 saturated carbocycles. The fraction of sp³-hybridized carbons (Fsp3) is 0.588. The number of ether oxygens (including phenoxy) is 2. The van der Waals surface area contributed by atoms with E-state index in [0.29, 0.717) is 11.5 Å². The van der Waals surface area contributed by atoms with E-state index < -0.39 is 12.2 Å². The normalized spacial score (nSPS) is 12.2. The molecule has 0 fully saturated rings. The number of carbonyl (C=O) groups excluding carboxylic acids is 2. The number of amides is 2. The van der Waals surface area contributed by atoms with E-state index in [-0.39, 0.29) is 21.7 Å². The fourth-order valence-corrected chi connectivity index (χ4v) is 4.28. The van der Waals surface area contributed by atoms with Gasteiger partial charge in [0.15, 0.2) is 0 Å². The highest BCUT2D eigenvalue weighted by Crippen LogP contribution is 2.42. The Bertz CT molecular complexity index is 1030. The van der Waals surface area contributed by atoms with Crippen LogP contribution in [0.5, 0.6) is 11.5 Å². The Labute approximate surface area is 243 Å². The van der Waals surface area contributed by atoms with Crippen LogP contribution in [0.3, 0.4) is 0 Å². The van der Waals surface area contributed by atoms with Crippen molar-refractivity contribution in [1.29, 1.82) is 0 Å². The maximum atomic E-state index is 11.7. The Balaban J connectivity index is 0.000000400. The molecule has 6 nitrogen and oxygen atoms in total. The summed E-state index contributed by atoms with van der Waals surface area (Å²) < 4.78 is 11.2. The predicted molar refractivity (Wildman–Crippen MR) is 167 cm³/mol. The highest BCUT2D eigenvalue weighted by Gasteiger charge is 2.30. The molecular weight excluding hydrogens is 500 g/mol. The molecule has 0 atom stereocenters. The van der Waals surface area contributed by atoms with Crippen molar-refractivity contribution >= 4 is 12.2 Å². The van der Waals surface area contributed by atoms with Crippen molar-refractivity contribution in [2.24, 2.45) is 0 Å². The summed E-state index contributed by atoms with van der Waals surface area (Å²) in [5, 5.41) is 5.05. The molecule has 224 valence electrons. The van der Waals surface area contributed by atoms with Crippen LogP contribution >= 0.6 is 0 Å². The summed E-state index contributed by atoms with van der Waals surface area (Å²) in [5.74, 6) is 1.38. The van der Waals surface area contributed by atoms with Crippen LogP contribution in [0.4, 0.5) is 9.59 Å². The second kappa shape index (κ2) is 12.7. The maximum Gasteiger partial charge on any atom is 0.412 e. The first-order chi connectivity index (χ1) is 17.9. The highest BCUT2D eigenvalue weighted by molar-refractivity contribution is 5.72. The maximum absolute atomic E-state index is 11.7. The molecule has 40 heavy (non-hydrogen) atoms. The molecule has 2 rings (SSSR count). The van der Waals surface area contributed by atoms with Gasteiger partial charge < -0.3 is 20.1 Å². The summed E-state index contributed by atoms with van der Waals surface area (Å²) in [6, 6.07) is 8.42. The molecule has 2 aromatic carbocycles. The van der Waals surface area contributed by atoms with Gasteiger partial charge in [-0.05, 0) is 35.5 Å². The van der Waals surface area contributed by atoms with Gasteiger partial charge in [-0.2, -0.15) is 0 Å². The number of aryl methyl sites for hydroxylation is 2. The van der Waals surface area contributed by atoms with Crippen molar-refractivity contribution in [1.82, 2.24) is 10.6 Å². The van der Waals surface area contributed by atoms with Crippen molar-refractivity contribution in [3.63, 3.8) is 0 Å². The molecular formula is C34H54N2O4. The van der Waals surface area contributed by atoms with Gasteiger partial charge in [-0.3, -0.25) is 0 Å². The summed E-state index contributed by atoms with van der Waals surface area (Å²) in [6.45, 7) is 29.7. The minimum absolute atomic E-state index is 0.0879. The van der Waals surface area contributed by atoms with Crippen molar-refractivity contribution in [2.45, 2.75) is 119 Å². The molecule has 0 aromatic heterocycles. The minimum Gasteiger partial charge on any atom is -0.410 e. The van der Waals surface area contributed by atoms with Crippen LogP contribution in [0.2, 0.25) is 0 Å². The molecule has 0 spiro atoms. The predicted octanol–water partition coefficient (Wildman–Crippen LogP) is 8.62. The van der Waals surface area contributed by atoms with E-state index in [1.54, 1.807) is 14.1 Å². The molecule has 0 bridgehead atoms. The zero-order valence-electron chi connectivity index (χ0n) is 27.9. The zero-order valence-corrected chi connectivity index (χ0v) is 27.9. The molecule has 0 aliphatic rings. The number of rotatable bonds is 2. The van der Waals surface area contributed by atoms with Gasteiger partial charge in [0.2, 0.25) is 0 Å². The standard InChI is InChI=1S/2C17H27NO2/c2*1-11-9-12(16(2,3)4)14(20-15(19)18-8)13(10-11)17(5,6)7/h2*9-10H,1-8H3,(H,18,19). The summed E-state index contributed by atoms with van der Waals surface area (Å²) in [7, 11) is 3.15. The summed E-state index contributed by atoms with van der Waals surface area (Å²) >= 11 is 0. The summed E-state index contributed by atoms with van der Waals surface area (Å²) in [6.07, 6.45) is -0.852. The third kappa shape index (κ3) is 9.57. The van der Waals surface area contributed by atoms with Gasteiger partial charge in [0.25, 0.3) is 0 Å². The molecule has 0 aliphatic carbocycles. The lowest BCUT2D eigenvalue weighted by atomic mass is 9.78. The molecule has 2 amide bonds. The third-order valence-corrected chi connectivity index (χ3v) is 6.50. The SMILES string of the molecule is CNC(=O)Oc1c(C(C)(C)C)cc(C)cc1C(C)(C)C.CNC(=O)Oc1c(C(C)(C)C)cc(C)cc1C(C)(C)C. The van der Waals surface area contributed by atoms with E-state index in [1.807, 2.05) is 0 Å². The topological polar surface area (TPSA) is 76.7 Å². The van der Waals surface area contributed by atoms with Crippen molar-refractivity contribution in [3.05, 3.63) is 57.6 Å². The van der Waals surface area contributed by atoms with Crippen LogP contribution in [0, 0.1) is 13.8 Å². The largest absolute Gasteiger partial charge is 0.412 e. The Kier molecular flexibility index (Phi) is 11.1. The fourth-order valence-electron chi connectivity index (χ4n) is 4.28. The second-order valence-electron chi connectivity index (χ2n) is 14.7. The van der Waals surface area contributed by atoms with E-state index in [9.17, 15) is 9.59 Å². The molecule has 0 aliphatic heterocycles. The first kappa shape index (κ1) is 35.0. The van der Waals surface area contributed by atoms with Crippen LogP contribution in [0.1, 0.15) is 116 Å². The average Bonchev–Trinajstić information content (AvgIpc) is 2.78.